The largest absolute Gasteiger partial charge is 0.396 e. The van der Waals surface area contributed by atoms with E-state index in [-0.39, 0.29) is 6.61 Å². The Hall–Kier alpha value is -1.36. The standard InChI is InChI=1S/C10H16N4O/c11-8-4-12-10(13-5-8)14-9-3-1-2-7(9)6-15/h4-5,7,9,15H,1-3,6,11H2,(H,12,13,14). The van der Waals surface area contributed by atoms with Gasteiger partial charge in [0.25, 0.3) is 0 Å². The van der Waals surface area contributed by atoms with Gasteiger partial charge in [-0.05, 0) is 12.8 Å². The van der Waals surface area contributed by atoms with Gasteiger partial charge in [-0.15, -0.1) is 0 Å². The molecule has 0 spiro atoms. The number of anilines is 2. The summed E-state index contributed by atoms with van der Waals surface area (Å²) < 4.78 is 0. The lowest BCUT2D eigenvalue weighted by molar-refractivity contribution is 0.222. The second-order valence-electron chi connectivity index (χ2n) is 3.96. The Bertz CT molecular complexity index is 314. The molecule has 2 unspecified atom stereocenters. The Morgan fingerprint density at radius 3 is 2.80 bits per heavy atom. The van der Waals surface area contributed by atoms with Gasteiger partial charge in [-0.1, -0.05) is 6.42 Å². The highest BCUT2D eigenvalue weighted by Gasteiger charge is 2.26. The molecule has 1 aliphatic carbocycles. The number of nitrogen functional groups attached to an aromatic ring is 1. The SMILES string of the molecule is Nc1cnc(NC2CCCC2CO)nc1. The summed E-state index contributed by atoms with van der Waals surface area (Å²) in [4.78, 5) is 8.16. The van der Waals surface area contributed by atoms with Crippen molar-refractivity contribution in [1.29, 1.82) is 0 Å². The third kappa shape index (κ3) is 2.36. The molecule has 0 amide bonds. The number of nitrogens with zero attached hydrogens (tertiary/aromatic N) is 2. The molecule has 1 fully saturated rings. The van der Waals surface area contributed by atoms with Crippen molar-refractivity contribution in [1.82, 2.24) is 9.97 Å². The number of rotatable bonds is 3. The summed E-state index contributed by atoms with van der Waals surface area (Å²) in [6.45, 7) is 0.229. The van der Waals surface area contributed by atoms with E-state index in [9.17, 15) is 0 Å². The van der Waals surface area contributed by atoms with Crippen molar-refractivity contribution in [2.45, 2.75) is 25.3 Å². The van der Waals surface area contributed by atoms with Crippen molar-refractivity contribution < 1.29 is 5.11 Å². The van der Waals surface area contributed by atoms with Crippen LogP contribution in [0.15, 0.2) is 12.4 Å². The lowest BCUT2D eigenvalue weighted by Gasteiger charge is -2.18. The Morgan fingerprint density at radius 2 is 2.13 bits per heavy atom. The normalized spacial score (nSPS) is 25.4. The molecule has 1 aromatic rings. The van der Waals surface area contributed by atoms with E-state index in [0.29, 0.717) is 23.6 Å². The first-order valence-electron chi connectivity index (χ1n) is 5.24. The number of aromatic nitrogens is 2. The zero-order valence-corrected chi connectivity index (χ0v) is 8.56. The van der Waals surface area contributed by atoms with Crippen molar-refractivity contribution in [3.8, 4) is 0 Å². The fourth-order valence-electron chi connectivity index (χ4n) is 2.02. The van der Waals surface area contributed by atoms with Crippen LogP contribution < -0.4 is 11.1 Å². The van der Waals surface area contributed by atoms with Gasteiger partial charge in [0.2, 0.25) is 5.95 Å². The highest BCUT2D eigenvalue weighted by Crippen LogP contribution is 2.27. The number of hydrogen-bond donors (Lipinski definition) is 3. The van der Waals surface area contributed by atoms with Crippen LogP contribution in [0.2, 0.25) is 0 Å². The molecule has 5 heteroatoms. The van der Waals surface area contributed by atoms with Gasteiger partial charge in [-0.25, -0.2) is 9.97 Å². The fraction of sp³-hybridized carbons (Fsp3) is 0.600. The maximum atomic E-state index is 9.16. The highest BCUT2D eigenvalue weighted by molar-refractivity contribution is 5.36. The van der Waals surface area contributed by atoms with E-state index in [1.165, 1.54) is 0 Å². The first-order chi connectivity index (χ1) is 7.29. The van der Waals surface area contributed by atoms with Crippen molar-refractivity contribution in [2.75, 3.05) is 17.7 Å². The van der Waals surface area contributed by atoms with Crippen LogP contribution in [0.25, 0.3) is 0 Å². The van der Waals surface area contributed by atoms with Crippen molar-refractivity contribution >= 4 is 11.6 Å². The predicted octanol–water partition coefficient (Wildman–Crippen LogP) is 0.632. The van der Waals surface area contributed by atoms with Gasteiger partial charge in [0, 0.05) is 18.6 Å². The third-order valence-corrected chi connectivity index (χ3v) is 2.88. The van der Waals surface area contributed by atoms with Crippen LogP contribution in [-0.4, -0.2) is 27.7 Å². The molecule has 2 rings (SSSR count). The van der Waals surface area contributed by atoms with Gasteiger partial charge >= 0.3 is 0 Å². The average molecular weight is 208 g/mol. The second-order valence-corrected chi connectivity index (χ2v) is 3.96. The minimum Gasteiger partial charge on any atom is -0.396 e. The van der Waals surface area contributed by atoms with Crippen LogP contribution in [0.1, 0.15) is 19.3 Å². The summed E-state index contributed by atoms with van der Waals surface area (Å²) in [5.74, 6) is 0.917. The monoisotopic (exact) mass is 208 g/mol. The quantitative estimate of drug-likeness (QED) is 0.678. The third-order valence-electron chi connectivity index (χ3n) is 2.88. The van der Waals surface area contributed by atoms with Crippen LogP contribution in [0.5, 0.6) is 0 Å². The zero-order valence-electron chi connectivity index (χ0n) is 8.56. The Balaban J connectivity index is 1.99. The summed E-state index contributed by atoms with van der Waals surface area (Å²) in [5.41, 5.74) is 6.06. The number of aliphatic hydroxyl groups is 1. The molecule has 0 bridgehead atoms. The summed E-state index contributed by atoms with van der Waals surface area (Å²) in [6.07, 6.45) is 6.45. The van der Waals surface area contributed by atoms with E-state index in [2.05, 4.69) is 15.3 Å². The maximum Gasteiger partial charge on any atom is 0.222 e. The van der Waals surface area contributed by atoms with E-state index in [1.807, 2.05) is 0 Å². The molecule has 0 saturated heterocycles. The molecule has 5 nitrogen and oxygen atoms in total. The first kappa shape index (κ1) is 10.2. The fourth-order valence-corrected chi connectivity index (χ4v) is 2.02. The minimum atomic E-state index is 0.229. The average Bonchev–Trinajstić information content (AvgIpc) is 2.69. The van der Waals surface area contributed by atoms with Crippen molar-refractivity contribution in [3.05, 3.63) is 12.4 Å². The molecule has 15 heavy (non-hydrogen) atoms. The molecule has 0 aliphatic heterocycles. The number of nitrogens with one attached hydrogen (secondary N) is 1. The van der Waals surface area contributed by atoms with Crippen LogP contribution in [-0.2, 0) is 0 Å². The molecule has 0 radical (unpaired) electrons. The molecule has 1 heterocycles. The molecule has 1 aliphatic rings. The van der Waals surface area contributed by atoms with E-state index in [4.69, 9.17) is 10.8 Å². The molecule has 1 aromatic heterocycles. The zero-order chi connectivity index (χ0) is 10.7. The Labute approximate surface area is 88.7 Å². The van der Waals surface area contributed by atoms with Gasteiger partial charge in [0.05, 0.1) is 18.1 Å². The maximum absolute atomic E-state index is 9.16. The number of hydrogen-bond acceptors (Lipinski definition) is 5. The Kier molecular flexibility index (Phi) is 3.01. The molecular weight excluding hydrogens is 192 g/mol. The van der Waals surface area contributed by atoms with Gasteiger partial charge in [-0.2, -0.15) is 0 Å². The lowest BCUT2D eigenvalue weighted by Crippen LogP contribution is -2.27. The van der Waals surface area contributed by atoms with E-state index in [1.54, 1.807) is 12.4 Å². The number of aliphatic hydroxyl groups excluding tert-OH is 1. The van der Waals surface area contributed by atoms with Crippen LogP contribution >= 0.6 is 0 Å². The molecule has 2 atom stereocenters. The molecule has 0 aromatic carbocycles. The summed E-state index contributed by atoms with van der Waals surface area (Å²) in [7, 11) is 0. The van der Waals surface area contributed by atoms with Crippen LogP contribution in [0.3, 0.4) is 0 Å². The van der Waals surface area contributed by atoms with Crippen molar-refractivity contribution in [3.63, 3.8) is 0 Å². The predicted molar refractivity (Wildman–Crippen MR) is 58.3 cm³/mol. The van der Waals surface area contributed by atoms with Crippen molar-refractivity contribution in [2.24, 2.45) is 5.92 Å². The topological polar surface area (TPSA) is 84.1 Å². The summed E-state index contributed by atoms with van der Waals surface area (Å²) >= 11 is 0. The van der Waals surface area contributed by atoms with E-state index in [0.717, 1.165) is 19.3 Å². The first-order valence-corrected chi connectivity index (χ1v) is 5.24. The molecule has 4 N–H and O–H groups in total. The van der Waals surface area contributed by atoms with Crippen LogP contribution in [0.4, 0.5) is 11.6 Å². The summed E-state index contributed by atoms with van der Waals surface area (Å²) in [5, 5.41) is 12.4. The molecular formula is C10H16N4O. The van der Waals surface area contributed by atoms with Crippen LogP contribution in [0, 0.1) is 5.92 Å². The van der Waals surface area contributed by atoms with E-state index >= 15 is 0 Å². The highest BCUT2D eigenvalue weighted by atomic mass is 16.3. The lowest BCUT2D eigenvalue weighted by atomic mass is 10.1. The smallest absolute Gasteiger partial charge is 0.222 e. The number of nitrogens with two attached hydrogens (primary N) is 1. The molecule has 82 valence electrons. The summed E-state index contributed by atoms with van der Waals surface area (Å²) in [6, 6.07) is 0.290. The van der Waals surface area contributed by atoms with Gasteiger partial charge < -0.3 is 16.2 Å². The molecule has 1 saturated carbocycles. The second kappa shape index (κ2) is 4.44. The van der Waals surface area contributed by atoms with E-state index < -0.39 is 0 Å². The van der Waals surface area contributed by atoms with Gasteiger partial charge in [0.15, 0.2) is 0 Å². The van der Waals surface area contributed by atoms with Gasteiger partial charge in [0.1, 0.15) is 0 Å². The van der Waals surface area contributed by atoms with Gasteiger partial charge in [-0.3, -0.25) is 0 Å². The Morgan fingerprint density at radius 1 is 1.40 bits per heavy atom. The minimum absolute atomic E-state index is 0.229.